The molecule has 0 aliphatic carbocycles. The molecule has 1 aliphatic rings. The van der Waals surface area contributed by atoms with Gasteiger partial charge in [0.15, 0.2) is 0 Å². The summed E-state index contributed by atoms with van der Waals surface area (Å²) in [5.74, 6) is -2.32. The Bertz CT molecular complexity index is 611. The molecule has 1 amide bonds. The van der Waals surface area contributed by atoms with Crippen LogP contribution in [0.4, 0.5) is 0 Å². The molecule has 24 heavy (non-hydrogen) atoms. The molecule has 0 fully saturated rings. The van der Waals surface area contributed by atoms with Gasteiger partial charge in [0.2, 0.25) is 5.91 Å². The Morgan fingerprint density at radius 2 is 1.96 bits per heavy atom. The van der Waals surface area contributed by atoms with E-state index < -0.39 is 18.0 Å². The summed E-state index contributed by atoms with van der Waals surface area (Å²) in [6.07, 6.45) is 3.80. The van der Waals surface area contributed by atoms with E-state index in [1.807, 2.05) is 30.3 Å². The van der Waals surface area contributed by atoms with Crippen molar-refractivity contribution in [3.63, 3.8) is 0 Å². The number of cyclic esters (lactones) is 1. The normalized spacial score (nSPS) is 24.0. The summed E-state index contributed by atoms with van der Waals surface area (Å²) >= 11 is 0. The van der Waals surface area contributed by atoms with Crippen LogP contribution in [0.3, 0.4) is 0 Å². The molecule has 0 saturated carbocycles. The molecule has 2 rings (SSSR count). The van der Waals surface area contributed by atoms with Crippen LogP contribution in [0, 0.1) is 5.92 Å². The van der Waals surface area contributed by atoms with Crippen molar-refractivity contribution in [3.05, 3.63) is 48.0 Å². The van der Waals surface area contributed by atoms with E-state index in [0.717, 1.165) is 5.56 Å². The standard InChI is InChI=1S/C18H21NO5/c20-16(21)11-14-9-5-2-6-10-17(22)24-15(12-19-18(14)23)13-7-3-1-4-8-13/h1-5,7-8,14-15H,6,9-12H2,(H,19,23)(H,20,21)/b5-2+/t14-,15?/m0/s1. The highest BCUT2D eigenvalue weighted by Crippen LogP contribution is 2.19. The van der Waals surface area contributed by atoms with Gasteiger partial charge in [-0.2, -0.15) is 0 Å². The lowest BCUT2D eigenvalue weighted by Crippen LogP contribution is -2.36. The second-order valence-corrected chi connectivity index (χ2v) is 5.67. The number of carbonyl (C=O) groups is 3. The molecular weight excluding hydrogens is 310 g/mol. The molecule has 0 aromatic heterocycles. The summed E-state index contributed by atoms with van der Waals surface area (Å²) in [6.45, 7) is 0.119. The Morgan fingerprint density at radius 3 is 2.67 bits per heavy atom. The van der Waals surface area contributed by atoms with Gasteiger partial charge in [0, 0.05) is 6.42 Å². The highest BCUT2D eigenvalue weighted by atomic mass is 16.5. The number of carbonyl (C=O) groups excluding carboxylic acids is 2. The van der Waals surface area contributed by atoms with Gasteiger partial charge in [-0.05, 0) is 18.4 Å². The quantitative estimate of drug-likeness (QED) is 0.654. The maximum atomic E-state index is 12.3. The molecule has 0 bridgehead atoms. The average Bonchev–Trinajstić information content (AvgIpc) is 2.56. The minimum absolute atomic E-state index is 0.119. The fourth-order valence-corrected chi connectivity index (χ4v) is 2.52. The third kappa shape index (κ3) is 5.53. The van der Waals surface area contributed by atoms with E-state index in [-0.39, 0.29) is 31.3 Å². The molecule has 2 atom stereocenters. The van der Waals surface area contributed by atoms with Gasteiger partial charge in [-0.3, -0.25) is 14.4 Å². The molecule has 0 saturated heterocycles. The lowest BCUT2D eigenvalue weighted by atomic mass is 9.99. The number of carboxylic acid groups (broad SMARTS) is 1. The molecule has 1 heterocycles. The summed E-state index contributed by atoms with van der Waals surface area (Å²) in [5, 5.41) is 11.7. The zero-order valence-electron chi connectivity index (χ0n) is 13.3. The lowest BCUT2D eigenvalue weighted by molar-refractivity contribution is -0.150. The highest BCUT2D eigenvalue weighted by molar-refractivity contribution is 5.83. The number of esters is 1. The van der Waals surface area contributed by atoms with Crippen LogP contribution in [0.25, 0.3) is 0 Å². The summed E-state index contributed by atoms with van der Waals surface area (Å²) < 4.78 is 5.47. The first-order valence-corrected chi connectivity index (χ1v) is 7.95. The molecule has 2 N–H and O–H groups in total. The molecule has 6 heteroatoms. The first kappa shape index (κ1) is 17.7. The van der Waals surface area contributed by atoms with Crippen molar-refractivity contribution in [2.24, 2.45) is 5.92 Å². The number of carboxylic acids is 1. The second kappa shape index (κ2) is 8.86. The van der Waals surface area contributed by atoms with Crippen LogP contribution in [0.2, 0.25) is 0 Å². The number of aliphatic carboxylic acids is 1. The van der Waals surface area contributed by atoms with Crippen LogP contribution in [0.15, 0.2) is 42.5 Å². The van der Waals surface area contributed by atoms with Crippen molar-refractivity contribution in [1.29, 1.82) is 0 Å². The number of amides is 1. The minimum Gasteiger partial charge on any atom is -0.481 e. The van der Waals surface area contributed by atoms with E-state index in [4.69, 9.17) is 9.84 Å². The maximum absolute atomic E-state index is 12.3. The summed E-state index contributed by atoms with van der Waals surface area (Å²) in [5.41, 5.74) is 0.786. The SMILES string of the molecule is O=C(O)C[C@@H]1C/C=C/CCC(=O)OC(c2ccccc2)CNC1=O. The van der Waals surface area contributed by atoms with Crippen molar-refractivity contribution in [2.75, 3.05) is 6.54 Å². The van der Waals surface area contributed by atoms with Crippen molar-refractivity contribution in [2.45, 2.75) is 31.8 Å². The van der Waals surface area contributed by atoms with Gasteiger partial charge in [0.05, 0.1) is 18.9 Å². The Morgan fingerprint density at radius 1 is 1.21 bits per heavy atom. The van der Waals surface area contributed by atoms with Crippen LogP contribution in [-0.4, -0.2) is 29.5 Å². The van der Waals surface area contributed by atoms with E-state index in [1.54, 1.807) is 12.2 Å². The Balaban J connectivity index is 2.15. The molecule has 128 valence electrons. The van der Waals surface area contributed by atoms with Gasteiger partial charge in [-0.25, -0.2) is 0 Å². The Labute approximate surface area is 140 Å². The fourth-order valence-electron chi connectivity index (χ4n) is 2.52. The predicted octanol–water partition coefficient (Wildman–Crippen LogP) is 2.22. The third-order valence-corrected chi connectivity index (χ3v) is 3.80. The van der Waals surface area contributed by atoms with Crippen LogP contribution in [0.1, 0.15) is 37.4 Å². The number of benzene rings is 1. The maximum Gasteiger partial charge on any atom is 0.306 e. The van der Waals surface area contributed by atoms with Crippen LogP contribution in [0.5, 0.6) is 0 Å². The number of hydrogen-bond donors (Lipinski definition) is 2. The van der Waals surface area contributed by atoms with E-state index >= 15 is 0 Å². The largest absolute Gasteiger partial charge is 0.481 e. The first-order chi connectivity index (χ1) is 11.6. The van der Waals surface area contributed by atoms with Gasteiger partial charge in [0.1, 0.15) is 6.10 Å². The number of allylic oxidation sites excluding steroid dienone is 2. The molecule has 0 spiro atoms. The molecule has 6 nitrogen and oxygen atoms in total. The predicted molar refractivity (Wildman–Crippen MR) is 87.0 cm³/mol. The van der Waals surface area contributed by atoms with E-state index in [2.05, 4.69) is 5.32 Å². The van der Waals surface area contributed by atoms with Crippen LogP contribution < -0.4 is 5.32 Å². The minimum atomic E-state index is -1.01. The molecular formula is C18H21NO5. The van der Waals surface area contributed by atoms with Crippen LogP contribution >= 0.6 is 0 Å². The van der Waals surface area contributed by atoms with E-state index in [9.17, 15) is 14.4 Å². The van der Waals surface area contributed by atoms with Crippen LogP contribution in [-0.2, 0) is 19.1 Å². The Hall–Kier alpha value is -2.63. The van der Waals surface area contributed by atoms with Crippen molar-refractivity contribution in [3.8, 4) is 0 Å². The monoisotopic (exact) mass is 331 g/mol. The zero-order valence-corrected chi connectivity index (χ0v) is 13.3. The zero-order chi connectivity index (χ0) is 17.4. The number of hydrogen-bond acceptors (Lipinski definition) is 4. The summed E-state index contributed by atoms with van der Waals surface area (Å²) in [4.78, 5) is 35.1. The van der Waals surface area contributed by atoms with Gasteiger partial charge >= 0.3 is 11.9 Å². The number of ether oxygens (including phenoxy) is 1. The van der Waals surface area contributed by atoms with E-state index in [0.29, 0.717) is 12.8 Å². The van der Waals surface area contributed by atoms with E-state index in [1.165, 1.54) is 0 Å². The van der Waals surface area contributed by atoms with Gasteiger partial charge in [-0.15, -0.1) is 0 Å². The molecule has 1 unspecified atom stereocenters. The number of rotatable bonds is 3. The van der Waals surface area contributed by atoms with Gasteiger partial charge < -0.3 is 15.2 Å². The van der Waals surface area contributed by atoms with Gasteiger partial charge in [0.25, 0.3) is 0 Å². The van der Waals surface area contributed by atoms with Crippen molar-refractivity contribution >= 4 is 17.8 Å². The molecule has 0 radical (unpaired) electrons. The topological polar surface area (TPSA) is 92.7 Å². The first-order valence-electron chi connectivity index (χ1n) is 7.95. The van der Waals surface area contributed by atoms with Crippen molar-refractivity contribution in [1.82, 2.24) is 5.32 Å². The van der Waals surface area contributed by atoms with Gasteiger partial charge in [-0.1, -0.05) is 42.5 Å². The average molecular weight is 331 g/mol. The summed E-state index contributed by atoms with van der Waals surface area (Å²) in [7, 11) is 0. The smallest absolute Gasteiger partial charge is 0.306 e. The Kier molecular flexibility index (Phi) is 6.54. The fraction of sp³-hybridized carbons (Fsp3) is 0.389. The molecule has 1 aromatic carbocycles. The highest BCUT2D eigenvalue weighted by Gasteiger charge is 2.23. The van der Waals surface area contributed by atoms with Crippen molar-refractivity contribution < 1.29 is 24.2 Å². The number of nitrogens with one attached hydrogen (secondary N) is 1. The lowest BCUT2D eigenvalue weighted by Gasteiger charge is -2.21. The molecule has 1 aromatic rings. The third-order valence-electron chi connectivity index (χ3n) is 3.80. The summed E-state index contributed by atoms with van der Waals surface area (Å²) in [6, 6.07) is 9.16. The second-order valence-electron chi connectivity index (χ2n) is 5.67. The molecule has 1 aliphatic heterocycles.